The first-order chi connectivity index (χ1) is 12.1. The van der Waals surface area contributed by atoms with Crippen molar-refractivity contribution >= 4 is 27.3 Å². The van der Waals surface area contributed by atoms with Gasteiger partial charge in [0.1, 0.15) is 11.9 Å². The molecule has 26 heavy (non-hydrogen) atoms. The van der Waals surface area contributed by atoms with E-state index >= 15 is 0 Å². The fourth-order valence-corrected chi connectivity index (χ4v) is 3.79. The number of hydrogen-bond donors (Lipinski definition) is 1. The van der Waals surface area contributed by atoms with Crippen molar-refractivity contribution in [2.45, 2.75) is 32.7 Å². The van der Waals surface area contributed by atoms with Crippen LogP contribution >= 0.6 is 0 Å². The molecule has 0 aliphatic rings. The lowest BCUT2D eigenvalue weighted by atomic mass is 10.0. The maximum Gasteiger partial charge on any atom is 0.247 e. The molecule has 0 fully saturated rings. The van der Waals surface area contributed by atoms with Crippen molar-refractivity contribution in [3.8, 4) is 0 Å². The highest BCUT2D eigenvalue weighted by Gasteiger charge is 2.29. The molecular formula is C19H23FN2O3S. The minimum Gasteiger partial charge on any atom is -0.324 e. The van der Waals surface area contributed by atoms with Gasteiger partial charge in [-0.15, -0.1) is 0 Å². The second-order valence-corrected chi connectivity index (χ2v) is 8.34. The first-order valence-electron chi connectivity index (χ1n) is 8.25. The van der Waals surface area contributed by atoms with Crippen LogP contribution in [0.15, 0.2) is 48.5 Å². The van der Waals surface area contributed by atoms with E-state index in [4.69, 9.17) is 0 Å². The standard InChI is InChI=1S/C19H23FN2O3S/c1-13(2)15-8-10-17(11-9-15)21-19(23)14(3)22(26(4,24)25)18-7-5-6-16(20)12-18/h5-14H,1-4H3,(H,21,23)/t14-/m1/s1. The largest absolute Gasteiger partial charge is 0.324 e. The number of amides is 1. The second-order valence-electron chi connectivity index (χ2n) is 6.48. The van der Waals surface area contributed by atoms with Crippen molar-refractivity contribution < 1.29 is 17.6 Å². The van der Waals surface area contributed by atoms with E-state index in [0.29, 0.717) is 11.6 Å². The molecule has 0 heterocycles. The molecule has 0 saturated carbocycles. The van der Waals surface area contributed by atoms with Crippen molar-refractivity contribution in [2.24, 2.45) is 0 Å². The molecule has 0 unspecified atom stereocenters. The predicted octanol–water partition coefficient (Wildman–Crippen LogP) is 3.74. The van der Waals surface area contributed by atoms with Gasteiger partial charge >= 0.3 is 0 Å². The molecule has 0 aromatic heterocycles. The Labute approximate surface area is 153 Å². The van der Waals surface area contributed by atoms with Gasteiger partial charge in [-0.3, -0.25) is 9.10 Å². The maximum absolute atomic E-state index is 13.5. The zero-order valence-electron chi connectivity index (χ0n) is 15.2. The molecule has 2 aromatic rings. The van der Waals surface area contributed by atoms with Crippen LogP contribution in [0.3, 0.4) is 0 Å². The van der Waals surface area contributed by atoms with Crippen LogP contribution in [0.2, 0.25) is 0 Å². The third-order valence-electron chi connectivity index (χ3n) is 4.00. The number of nitrogens with one attached hydrogen (secondary N) is 1. The molecule has 7 heteroatoms. The molecule has 0 saturated heterocycles. The molecule has 140 valence electrons. The van der Waals surface area contributed by atoms with Gasteiger partial charge in [0.15, 0.2) is 0 Å². The Hall–Kier alpha value is -2.41. The Bertz CT molecular complexity index is 880. The van der Waals surface area contributed by atoms with Crippen LogP contribution in [-0.2, 0) is 14.8 Å². The first kappa shape index (κ1) is 19.9. The number of rotatable bonds is 6. The number of anilines is 2. The van der Waals surface area contributed by atoms with Gasteiger partial charge in [-0.1, -0.05) is 32.0 Å². The number of halogens is 1. The van der Waals surface area contributed by atoms with E-state index < -0.39 is 27.8 Å². The monoisotopic (exact) mass is 378 g/mol. The third-order valence-corrected chi connectivity index (χ3v) is 5.24. The molecule has 2 rings (SSSR count). The molecule has 2 aromatic carbocycles. The summed E-state index contributed by atoms with van der Waals surface area (Å²) in [4.78, 5) is 12.6. The van der Waals surface area contributed by atoms with Crippen molar-refractivity contribution in [3.63, 3.8) is 0 Å². The number of sulfonamides is 1. The Morgan fingerprint density at radius 1 is 1.08 bits per heavy atom. The highest BCUT2D eigenvalue weighted by atomic mass is 32.2. The van der Waals surface area contributed by atoms with Crippen LogP contribution in [0.1, 0.15) is 32.3 Å². The smallest absolute Gasteiger partial charge is 0.247 e. The lowest BCUT2D eigenvalue weighted by Crippen LogP contribution is -2.45. The Morgan fingerprint density at radius 3 is 2.19 bits per heavy atom. The molecule has 0 bridgehead atoms. The average Bonchev–Trinajstić information content (AvgIpc) is 2.54. The van der Waals surface area contributed by atoms with E-state index in [1.807, 2.05) is 12.1 Å². The SMILES string of the molecule is CC(C)c1ccc(NC(=O)[C@@H](C)N(c2cccc(F)c2)S(C)(=O)=O)cc1. The van der Waals surface area contributed by atoms with Crippen LogP contribution in [0, 0.1) is 5.82 Å². The fraction of sp³-hybridized carbons (Fsp3) is 0.316. The summed E-state index contributed by atoms with van der Waals surface area (Å²) in [6.45, 7) is 5.60. The maximum atomic E-state index is 13.5. The van der Waals surface area contributed by atoms with Gasteiger partial charge in [0.05, 0.1) is 11.9 Å². The van der Waals surface area contributed by atoms with Gasteiger partial charge in [-0.2, -0.15) is 0 Å². The van der Waals surface area contributed by atoms with E-state index in [0.717, 1.165) is 22.2 Å². The van der Waals surface area contributed by atoms with Gasteiger partial charge in [-0.05, 0) is 48.7 Å². The molecule has 0 spiro atoms. The molecule has 1 atom stereocenters. The van der Waals surface area contributed by atoms with E-state index in [2.05, 4.69) is 19.2 Å². The molecule has 0 radical (unpaired) electrons. The Kier molecular flexibility index (Phi) is 6.02. The summed E-state index contributed by atoms with van der Waals surface area (Å²) in [7, 11) is -3.78. The van der Waals surface area contributed by atoms with Crippen LogP contribution < -0.4 is 9.62 Å². The molecule has 1 N–H and O–H groups in total. The fourth-order valence-electron chi connectivity index (χ4n) is 2.62. The Morgan fingerprint density at radius 2 is 1.69 bits per heavy atom. The van der Waals surface area contributed by atoms with Gasteiger partial charge in [0.2, 0.25) is 15.9 Å². The number of nitrogens with zero attached hydrogens (tertiary/aromatic N) is 1. The number of hydrogen-bond acceptors (Lipinski definition) is 3. The minimum absolute atomic E-state index is 0.102. The highest BCUT2D eigenvalue weighted by molar-refractivity contribution is 7.92. The topological polar surface area (TPSA) is 66.5 Å². The van der Waals surface area contributed by atoms with E-state index in [1.165, 1.54) is 25.1 Å². The third kappa shape index (κ3) is 4.82. The van der Waals surface area contributed by atoms with Gasteiger partial charge in [0.25, 0.3) is 0 Å². The van der Waals surface area contributed by atoms with Crippen molar-refractivity contribution in [1.29, 1.82) is 0 Å². The summed E-state index contributed by atoms with van der Waals surface area (Å²) in [6.07, 6.45) is 0.985. The number of benzene rings is 2. The van der Waals surface area contributed by atoms with E-state index in [9.17, 15) is 17.6 Å². The average molecular weight is 378 g/mol. The lowest BCUT2D eigenvalue weighted by molar-refractivity contribution is -0.116. The minimum atomic E-state index is -3.78. The molecule has 1 amide bonds. The molecule has 0 aliphatic carbocycles. The number of carbonyl (C=O) groups is 1. The van der Waals surface area contributed by atoms with Crippen molar-refractivity contribution in [2.75, 3.05) is 15.9 Å². The predicted molar refractivity (Wildman–Crippen MR) is 102 cm³/mol. The summed E-state index contributed by atoms with van der Waals surface area (Å²) in [6, 6.07) is 11.5. The molecular weight excluding hydrogens is 355 g/mol. The summed E-state index contributed by atoms with van der Waals surface area (Å²) in [5, 5.41) is 2.71. The van der Waals surface area contributed by atoms with Gasteiger partial charge < -0.3 is 5.32 Å². The quantitative estimate of drug-likeness (QED) is 0.833. The second kappa shape index (κ2) is 7.86. The van der Waals surface area contributed by atoms with E-state index in [1.54, 1.807) is 12.1 Å². The first-order valence-corrected chi connectivity index (χ1v) is 10.1. The van der Waals surface area contributed by atoms with Crippen LogP contribution in [-0.4, -0.2) is 26.6 Å². The zero-order valence-corrected chi connectivity index (χ0v) is 16.0. The van der Waals surface area contributed by atoms with Gasteiger partial charge in [0, 0.05) is 5.69 Å². The molecule has 5 nitrogen and oxygen atoms in total. The number of carbonyl (C=O) groups excluding carboxylic acids is 1. The van der Waals surface area contributed by atoms with Crippen LogP contribution in [0.5, 0.6) is 0 Å². The van der Waals surface area contributed by atoms with Crippen LogP contribution in [0.4, 0.5) is 15.8 Å². The van der Waals surface area contributed by atoms with Crippen molar-refractivity contribution in [1.82, 2.24) is 0 Å². The van der Waals surface area contributed by atoms with E-state index in [-0.39, 0.29) is 5.69 Å². The summed E-state index contributed by atoms with van der Waals surface area (Å²) < 4.78 is 38.8. The normalized spacial score (nSPS) is 12.7. The highest BCUT2D eigenvalue weighted by Crippen LogP contribution is 2.23. The Balaban J connectivity index is 2.25. The van der Waals surface area contributed by atoms with Crippen LogP contribution in [0.25, 0.3) is 0 Å². The van der Waals surface area contributed by atoms with Gasteiger partial charge in [-0.25, -0.2) is 12.8 Å². The van der Waals surface area contributed by atoms with Crippen molar-refractivity contribution in [3.05, 3.63) is 59.9 Å². The summed E-state index contributed by atoms with van der Waals surface area (Å²) in [5.74, 6) is -0.711. The summed E-state index contributed by atoms with van der Waals surface area (Å²) >= 11 is 0. The summed E-state index contributed by atoms with van der Waals surface area (Å²) in [5.41, 5.74) is 1.80. The zero-order chi connectivity index (χ0) is 19.5. The lowest BCUT2D eigenvalue weighted by Gasteiger charge is -2.28. The molecule has 0 aliphatic heterocycles.